The third kappa shape index (κ3) is 6.48. The number of Topliss-reactive ketones (excluding diaryl/α,β-unsaturated/α-hetero) is 2. The van der Waals surface area contributed by atoms with Gasteiger partial charge >= 0.3 is 0 Å². The predicted octanol–water partition coefficient (Wildman–Crippen LogP) is 1.76. The van der Waals surface area contributed by atoms with Gasteiger partial charge in [-0.2, -0.15) is 0 Å². The van der Waals surface area contributed by atoms with Crippen LogP contribution in [0.4, 0.5) is 0 Å². The molecule has 0 aliphatic carbocycles. The van der Waals surface area contributed by atoms with Gasteiger partial charge in [-0.05, 0) is 26.0 Å². The van der Waals surface area contributed by atoms with E-state index in [0.717, 1.165) is 0 Å². The summed E-state index contributed by atoms with van der Waals surface area (Å²) in [6, 6.07) is 6.40. The molecule has 0 unspecified atom stereocenters. The molecular formula is C12H14O4. The van der Waals surface area contributed by atoms with Crippen LogP contribution in [0.5, 0.6) is 5.75 Å². The molecule has 0 radical (unpaired) electrons. The molecular weight excluding hydrogens is 208 g/mol. The molecule has 0 fully saturated rings. The van der Waals surface area contributed by atoms with E-state index in [4.69, 9.17) is 5.11 Å². The number of phenols is 1. The fraction of sp³-hybridized carbons (Fsp3) is 0.250. The second-order valence-electron chi connectivity index (χ2n) is 3.26. The maximum absolute atomic E-state index is 10.1. The summed E-state index contributed by atoms with van der Waals surface area (Å²) in [6.07, 6.45) is 0.704. The van der Waals surface area contributed by atoms with E-state index in [1.54, 1.807) is 18.2 Å². The summed E-state index contributed by atoms with van der Waals surface area (Å²) in [5, 5.41) is 8.88. The van der Waals surface area contributed by atoms with Crippen molar-refractivity contribution in [1.29, 1.82) is 0 Å². The SMILES string of the molecule is CC(=O)CC(C)=O.O=Cc1ccccc1O. The first-order chi connectivity index (χ1) is 7.47. The molecule has 0 heterocycles. The Balaban J connectivity index is 0.000000293. The summed E-state index contributed by atoms with van der Waals surface area (Å²) in [7, 11) is 0. The number of rotatable bonds is 3. The number of aldehydes is 1. The maximum atomic E-state index is 10.1. The minimum atomic E-state index is -0.0625. The molecule has 4 nitrogen and oxygen atoms in total. The van der Waals surface area contributed by atoms with Crippen molar-refractivity contribution in [3.8, 4) is 5.75 Å². The van der Waals surface area contributed by atoms with Gasteiger partial charge in [0, 0.05) is 0 Å². The summed E-state index contributed by atoms with van der Waals surface area (Å²) < 4.78 is 0. The second-order valence-corrected chi connectivity index (χ2v) is 3.26. The van der Waals surface area contributed by atoms with Gasteiger partial charge in [-0.25, -0.2) is 0 Å². The lowest BCUT2D eigenvalue weighted by molar-refractivity contribution is -0.124. The number of hydrogen-bond acceptors (Lipinski definition) is 4. The molecule has 0 atom stereocenters. The first-order valence-electron chi connectivity index (χ1n) is 4.69. The van der Waals surface area contributed by atoms with Crippen LogP contribution < -0.4 is 0 Å². The van der Waals surface area contributed by atoms with E-state index in [9.17, 15) is 14.4 Å². The average Bonchev–Trinajstić information content (AvgIpc) is 2.17. The first-order valence-corrected chi connectivity index (χ1v) is 4.69. The van der Waals surface area contributed by atoms with Crippen LogP contribution in [0.3, 0.4) is 0 Å². The average molecular weight is 222 g/mol. The Hall–Kier alpha value is -1.97. The van der Waals surface area contributed by atoms with E-state index < -0.39 is 0 Å². The van der Waals surface area contributed by atoms with Gasteiger partial charge in [-0.1, -0.05) is 12.1 Å². The van der Waals surface area contributed by atoms with Crippen molar-refractivity contribution in [2.45, 2.75) is 20.3 Å². The molecule has 0 saturated carbocycles. The topological polar surface area (TPSA) is 71.4 Å². The van der Waals surface area contributed by atoms with Crippen molar-refractivity contribution in [3.05, 3.63) is 29.8 Å². The monoisotopic (exact) mass is 222 g/mol. The largest absolute Gasteiger partial charge is 0.507 e. The van der Waals surface area contributed by atoms with Crippen LogP contribution in [0, 0.1) is 0 Å². The van der Waals surface area contributed by atoms with Crippen LogP contribution in [0.25, 0.3) is 0 Å². The number of benzene rings is 1. The third-order valence-corrected chi connectivity index (χ3v) is 1.56. The highest BCUT2D eigenvalue weighted by atomic mass is 16.3. The zero-order chi connectivity index (χ0) is 12.6. The van der Waals surface area contributed by atoms with Gasteiger partial charge in [-0.3, -0.25) is 14.4 Å². The summed E-state index contributed by atoms with van der Waals surface area (Å²) in [5.74, 6) is -0.0903. The highest BCUT2D eigenvalue weighted by Crippen LogP contribution is 2.11. The summed E-state index contributed by atoms with van der Waals surface area (Å²) in [5.41, 5.74) is 0.331. The van der Waals surface area contributed by atoms with Crippen LogP contribution >= 0.6 is 0 Å². The molecule has 1 N–H and O–H groups in total. The summed E-state index contributed by atoms with van der Waals surface area (Å²) in [4.78, 5) is 30.1. The van der Waals surface area contributed by atoms with Gasteiger partial charge in [-0.15, -0.1) is 0 Å². The van der Waals surface area contributed by atoms with E-state index in [2.05, 4.69) is 0 Å². The molecule has 0 spiro atoms. The standard InChI is InChI=1S/C7H6O2.C5H8O2/c8-5-6-3-1-2-4-7(6)9;1-4(6)3-5(2)7/h1-5,9H;3H2,1-2H3. The summed E-state index contributed by atoms with van der Waals surface area (Å²) >= 11 is 0. The van der Waals surface area contributed by atoms with Crippen molar-refractivity contribution >= 4 is 17.9 Å². The number of hydrogen-bond donors (Lipinski definition) is 1. The number of ketones is 2. The van der Waals surface area contributed by atoms with Gasteiger partial charge in [0.05, 0.1) is 12.0 Å². The van der Waals surface area contributed by atoms with Gasteiger partial charge in [0.25, 0.3) is 0 Å². The Bertz CT molecular complexity index is 370. The molecule has 0 aliphatic heterocycles. The number of carbonyl (C=O) groups is 3. The molecule has 86 valence electrons. The number of aromatic hydroxyl groups is 1. The Morgan fingerprint density at radius 2 is 1.69 bits per heavy atom. The lowest BCUT2D eigenvalue weighted by Crippen LogP contribution is -1.97. The normalized spacial score (nSPS) is 8.62. The van der Waals surface area contributed by atoms with Crippen LogP contribution in [0.1, 0.15) is 30.6 Å². The van der Waals surface area contributed by atoms with Crippen molar-refractivity contribution in [2.24, 2.45) is 0 Å². The Morgan fingerprint density at radius 3 is 1.94 bits per heavy atom. The maximum Gasteiger partial charge on any atom is 0.153 e. The van der Waals surface area contributed by atoms with Crippen molar-refractivity contribution < 1.29 is 19.5 Å². The molecule has 0 aromatic heterocycles. The van der Waals surface area contributed by atoms with Gasteiger partial charge < -0.3 is 5.11 Å². The van der Waals surface area contributed by atoms with E-state index >= 15 is 0 Å². The minimum absolute atomic E-state index is 0.0347. The van der Waals surface area contributed by atoms with E-state index in [-0.39, 0.29) is 23.7 Å². The van der Waals surface area contributed by atoms with Crippen molar-refractivity contribution in [2.75, 3.05) is 0 Å². The molecule has 0 saturated heterocycles. The van der Waals surface area contributed by atoms with Gasteiger partial charge in [0.1, 0.15) is 17.3 Å². The Kier molecular flexibility index (Phi) is 6.43. The van der Waals surface area contributed by atoms with Crippen molar-refractivity contribution in [1.82, 2.24) is 0 Å². The molecule has 16 heavy (non-hydrogen) atoms. The molecule has 1 aromatic carbocycles. The van der Waals surface area contributed by atoms with Crippen LogP contribution in [-0.4, -0.2) is 23.0 Å². The highest BCUT2D eigenvalue weighted by Gasteiger charge is 1.95. The van der Waals surface area contributed by atoms with E-state index in [0.29, 0.717) is 11.8 Å². The zero-order valence-electron chi connectivity index (χ0n) is 9.27. The highest BCUT2D eigenvalue weighted by molar-refractivity contribution is 5.96. The van der Waals surface area contributed by atoms with Crippen LogP contribution in [0.2, 0.25) is 0 Å². The quantitative estimate of drug-likeness (QED) is 0.624. The smallest absolute Gasteiger partial charge is 0.153 e. The van der Waals surface area contributed by atoms with Gasteiger partial charge in [0.15, 0.2) is 6.29 Å². The number of phenolic OH excluding ortho intramolecular Hbond substituents is 1. The molecule has 0 bridgehead atoms. The van der Waals surface area contributed by atoms with E-state index in [1.807, 2.05) is 0 Å². The molecule has 4 heteroatoms. The summed E-state index contributed by atoms with van der Waals surface area (Å²) in [6.45, 7) is 2.81. The van der Waals surface area contributed by atoms with Crippen LogP contribution in [0.15, 0.2) is 24.3 Å². The minimum Gasteiger partial charge on any atom is -0.507 e. The zero-order valence-corrected chi connectivity index (χ0v) is 9.27. The lowest BCUT2D eigenvalue weighted by Gasteiger charge is -1.91. The van der Waals surface area contributed by atoms with E-state index in [1.165, 1.54) is 19.9 Å². The third-order valence-electron chi connectivity index (χ3n) is 1.56. The fourth-order valence-electron chi connectivity index (χ4n) is 0.938. The predicted molar refractivity (Wildman–Crippen MR) is 59.5 cm³/mol. The number of para-hydroxylation sites is 1. The second kappa shape index (κ2) is 7.34. The van der Waals surface area contributed by atoms with Crippen molar-refractivity contribution in [3.63, 3.8) is 0 Å². The molecule has 1 rings (SSSR count). The van der Waals surface area contributed by atoms with Crippen LogP contribution in [-0.2, 0) is 9.59 Å². The molecule has 1 aromatic rings. The molecule has 0 aliphatic rings. The Morgan fingerprint density at radius 1 is 1.19 bits per heavy atom. The Labute approximate surface area is 93.9 Å². The van der Waals surface area contributed by atoms with Gasteiger partial charge in [0.2, 0.25) is 0 Å². The molecule has 0 amide bonds. The first kappa shape index (κ1) is 14.0. The number of carbonyl (C=O) groups excluding carboxylic acids is 3. The lowest BCUT2D eigenvalue weighted by atomic mass is 10.2. The fourth-order valence-corrected chi connectivity index (χ4v) is 0.938.